The Labute approximate surface area is 226 Å². The van der Waals surface area contributed by atoms with Crippen LogP contribution in [-0.2, 0) is 26.1 Å². The van der Waals surface area contributed by atoms with Gasteiger partial charge in [0.25, 0.3) is 0 Å². The van der Waals surface area contributed by atoms with Crippen LogP contribution < -0.4 is 0 Å². The molecule has 2 fully saturated rings. The smallest absolute Gasteiger partial charge is 0.355 e. The Morgan fingerprint density at radius 3 is 2.39 bits per heavy atom. The van der Waals surface area contributed by atoms with E-state index in [9.17, 15) is 14.7 Å². The van der Waals surface area contributed by atoms with Crippen molar-refractivity contribution in [2.45, 2.75) is 92.3 Å². The number of ether oxygens (including phenoxy) is 3. The average Bonchev–Trinajstić information content (AvgIpc) is 3.16. The van der Waals surface area contributed by atoms with Crippen LogP contribution in [0.5, 0.6) is 0 Å². The summed E-state index contributed by atoms with van der Waals surface area (Å²) in [6.07, 6.45) is 2.70. The van der Waals surface area contributed by atoms with Crippen LogP contribution in [-0.4, -0.2) is 51.6 Å². The largest absolute Gasteiger partial charge is 0.450 e. The van der Waals surface area contributed by atoms with E-state index >= 15 is 0 Å². The first-order valence-corrected chi connectivity index (χ1v) is 13.8. The zero-order chi connectivity index (χ0) is 28.2. The van der Waals surface area contributed by atoms with Crippen LogP contribution in [0.4, 0.5) is 0 Å². The topological polar surface area (TPSA) is 87.0 Å². The van der Waals surface area contributed by atoms with E-state index in [0.717, 1.165) is 23.3 Å². The van der Waals surface area contributed by atoms with Crippen LogP contribution in [0.15, 0.2) is 29.4 Å². The summed E-state index contributed by atoms with van der Waals surface area (Å²) in [6.45, 7) is 18.0. The Hall–Kier alpha value is -2.22. The van der Waals surface area contributed by atoms with Gasteiger partial charge in [-0.2, -0.15) is 0 Å². The van der Waals surface area contributed by atoms with Crippen LogP contribution in [0.1, 0.15) is 76.6 Å². The number of fused-ring (bicyclic) bond motifs is 3. The van der Waals surface area contributed by atoms with Gasteiger partial charge in [-0.3, -0.25) is 4.79 Å². The van der Waals surface area contributed by atoms with Gasteiger partial charge in [0, 0.05) is 18.7 Å². The first-order valence-electron chi connectivity index (χ1n) is 13.8. The van der Waals surface area contributed by atoms with E-state index in [1.807, 2.05) is 66.8 Å². The molecule has 1 spiro atoms. The molecule has 1 saturated carbocycles. The number of aromatic nitrogens is 1. The number of carbonyl (C=O) groups is 2. The molecular formula is C31H43NO6. The number of nitrogens with zero attached hydrogens (tertiary/aromatic N) is 1. The van der Waals surface area contributed by atoms with E-state index in [1.165, 1.54) is 0 Å². The highest BCUT2D eigenvalue weighted by molar-refractivity contribution is 5.96. The molecule has 1 aromatic rings. The van der Waals surface area contributed by atoms with Crippen LogP contribution >= 0.6 is 0 Å². The molecule has 208 valence electrons. The lowest BCUT2D eigenvalue weighted by Gasteiger charge is -2.52. The number of hydrogen-bond donors (Lipinski definition) is 1. The van der Waals surface area contributed by atoms with Crippen molar-refractivity contribution in [2.24, 2.45) is 35.6 Å². The molecule has 3 unspecified atom stereocenters. The van der Waals surface area contributed by atoms with Crippen molar-refractivity contribution >= 4 is 11.8 Å². The van der Waals surface area contributed by atoms with Gasteiger partial charge >= 0.3 is 5.97 Å². The summed E-state index contributed by atoms with van der Waals surface area (Å²) in [5.41, 5.74) is 0.105. The fourth-order valence-electron chi connectivity index (χ4n) is 7.74. The van der Waals surface area contributed by atoms with Gasteiger partial charge in [0.05, 0.1) is 12.0 Å². The van der Waals surface area contributed by atoms with Gasteiger partial charge in [-0.15, -0.1) is 0 Å². The highest BCUT2D eigenvalue weighted by atomic mass is 16.7. The third-order valence-corrected chi connectivity index (χ3v) is 10.4. The molecule has 4 aliphatic rings. The van der Waals surface area contributed by atoms with Crippen molar-refractivity contribution in [1.29, 1.82) is 0 Å². The molecule has 0 amide bonds. The maximum absolute atomic E-state index is 14.8. The lowest BCUT2D eigenvalue weighted by atomic mass is 9.59. The predicted octanol–water partition coefficient (Wildman–Crippen LogP) is 4.82. The Morgan fingerprint density at radius 2 is 1.79 bits per heavy atom. The summed E-state index contributed by atoms with van der Waals surface area (Å²) in [5.74, 6) is -1.98. The summed E-state index contributed by atoms with van der Waals surface area (Å²) in [4.78, 5) is 28.5. The van der Waals surface area contributed by atoms with E-state index in [4.69, 9.17) is 14.2 Å². The molecule has 0 aromatic carbocycles. The van der Waals surface area contributed by atoms with Crippen molar-refractivity contribution in [2.75, 3.05) is 6.61 Å². The number of esters is 1. The summed E-state index contributed by atoms with van der Waals surface area (Å²) in [7, 11) is 1.83. The van der Waals surface area contributed by atoms with Crippen molar-refractivity contribution < 1.29 is 28.9 Å². The SMILES string of the molecule is CC1=CC23C(=O)[C@@H](C=C4COC(C)(C)O[C@H]4[C@]2(O)[C@H]1OC(=O)c1c(C)cc(C)n1C)C(C)(C)C(C)CC3C. The molecule has 1 aliphatic heterocycles. The molecule has 7 heteroatoms. The number of hydrogen-bond acceptors (Lipinski definition) is 6. The molecule has 2 heterocycles. The molecule has 5 rings (SSSR count). The third-order valence-electron chi connectivity index (χ3n) is 10.4. The highest BCUT2D eigenvalue weighted by Gasteiger charge is 2.74. The lowest BCUT2D eigenvalue weighted by molar-refractivity contribution is -0.302. The third kappa shape index (κ3) is 3.44. The van der Waals surface area contributed by atoms with E-state index in [1.54, 1.807) is 4.57 Å². The maximum Gasteiger partial charge on any atom is 0.355 e. The second-order valence-corrected chi connectivity index (χ2v) is 13.4. The molecule has 1 saturated heterocycles. The Balaban J connectivity index is 1.72. The molecule has 2 bridgehead atoms. The molecule has 7 atom stereocenters. The van der Waals surface area contributed by atoms with Gasteiger partial charge in [0.2, 0.25) is 0 Å². The van der Waals surface area contributed by atoms with Crippen LogP contribution in [0.3, 0.4) is 0 Å². The van der Waals surface area contributed by atoms with Gasteiger partial charge in [0.15, 0.2) is 23.3 Å². The van der Waals surface area contributed by atoms with E-state index in [2.05, 4.69) is 20.8 Å². The first-order chi connectivity index (χ1) is 17.5. The molecule has 38 heavy (non-hydrogen) atoms. The number of Topliss-reactive ketones (excluding diaryl/α,β-unsaturated/α-hetero) is 1. The molecule has 0 radical (unpaired) electrons. The summed E-state index contributed by atoms with van der Waals surface area (Å²) in [5, 5.41) is 13.1. The minimum Gasteiger partial charge on any atom is -0.450 e. The van der Waals surface area contributed by atoms with Crippen molar-refractivity contribution in [3.05, 3.63) is 46.3 Å². The van der Waals surface area contributed by atoms with Crippen LogP contribution in [0.2, 0.25) is 0 Å². The standard InChI is InChI=1S/C31H43NO6/c1-16-11-20(5)32(10)23(16)27(34)37-25-17(2)14-30-19(4)12-18(3)28(6,7)22(24(30)33)13-21-15-36-29(8,9)38-26(21)31(25,30)35/h11,13-14,18-19,22,25-26,35H,12,15H2,1-10H3/t18?,19?,22-,25+,26-,30?,31-/m1/s1. The Bertz CT molecular complexity index is 1270. The van der Waals surface area contributed by atoms with Gasteiger partial charge in [0.1, 0.15) is 11.8 Å². The van der Waals surface area contributed by atoms with Crippen molar-refractivity contribution in [3.63, 3.8) is 0 Å². The zero-order valence-electron chi connectivity index (χ0n) is 24.5. The monoisotopic (exact) mass is 525 g/mol. The van der Waals surface area contributed by atoms with Gasteiger partial charge < -0.3 is 23.9 Å². The van der Waals surface area contributed by atoms with Crippen molar-refractivity contribution in [3.8, 4) is 0 Å². The number of allylic oxidation sites excluding steroid dienone is 1. The molecular weight excluding hydrogens is 482 g/mol. The van der Waals surface area contributed by atoms with E-state index in [0.29, 0.717) is 11.3 Å². The predicted molar refractivity (Wildman–Crippen MR) is 143 cm³/mol. The molecule has 7 nitrogen and oxygen atoms in total. The van der Waals surface area contributed by atoms with Gasteiger partial charge in [-0.05, 0) is 81.1 Å². The summed E-state index contributed by atoms with van der Waals surface area (Å²) in [6, 6.07) is 1.94. The maximum atomic E-state index is 14.8. The molecule has 1 N–H and O–H groups in total. The normalized spacial score (nSPS) is 39.3. The summed E-state index contributed by atoms with van der Waals surface area (Å²) < 4.78 is 20.6. The van der Waals surface area contributed by atoms with Gasteiger partial charge in [-0.1, -0.05) is 39.8 Å². The van der Waals surface area contributed by atoms with E-state index < -0.39 is 40.9 Å². The summed E-state index contributed by atoms with van der Waals surface area (Å²) >= 11 is 0. The Morgan fingerprint density at radius 1 is 1.13 bits per heavy atom. The zero-order valence-corrected chi connectivity index (χ0v) is 24.5. The molecule has 3 aliphatic carbocycles. The number of ketones is 1. The highest BCUT2D eigenvalue weighted by Crippen LogP contribution is 2.63. The number of aliphatic hydroxyl groups is 1. The molecule has 1 aromatic heterocycles. The van der Waals surface area contributed by atoms with Crippen LogP contribution in [0.25, 0.3) is 0 Å². The number of aryl methyl sites for hydroxylation is 2. The van der Waals surface area contributed by atoms with Crippen LogP contribution in [0, 0.1) is 42.4 Å². The second-order valence-electron chi connectivity index (χ2n) is 13.4. The average molecular weight is 526 g/mol. The number of rotatable bonds is 2. The van der Waals surface area contributed by atoms with E-state index in [-0.39, 0.29) is 29.6 Å². The fraction of sp³-hybridized carbons (Fsp3) is 0.677. The fourth-order valence-corrected chi connectivity index (χ4v) is 7.74. The Kier molecular flexibility index (Phi) is 6.04. The van der Waals surface area contributed by atoms with Crippen molar-refractivity contribution in [1.82, 2.24) is 4.57 Å². The minimum atomic E-state index is -1.83. The lowest BCUT2D eigenvalue weighted by Crippen LogP contribution is -2.68. The first kappa shape index (κ1) is 27.4. The quantitative estimate of drug-likeness (QED) is 0.440. The minimum absolute atomic E-state index is 0.0334. The number of carbonyl (C=O) groups excluding carboxylic acids is 2. The van der Waals surface area contributed by atoms with Gasteiger partial charge in [-0.25, -0.2) is 4.79 Å². The second kappa shape index (κ2) is 8.39.